The molecule has 1 aliphatic heterocycles. The van der Waals surface area contributed by atoms with E-state index in [9.17, 15) is 22.0 Å². The summed E-state index contributed by atoms with van der Waals surface area (Å²) >= 11 is 0. The summed E-state index contributed by atoms with van der Waals surface area (Å²) in [5.74, 6) is -2.66. The van der Waals surface area contributed by atoms with Crippen LogP contribution in [-0.2, 0) is 9.31 Å². The Labute approximate surface area is 131 Å². The van der Waals surface area contributed by atoms with Crippen LogP contribution in [0.2, 0.25) is 0 Å². The zero-order valence-electron chi connectivity index (χ0n) is 13.1. The van der Waals surface area contributed by atoms with E-state index >= 15 is 0 Å². The van der Waals surface area contributed by atoms with Crippen LogP contribution in [0, 0.1) is 11.6 Å². The molecule has 1 saturated heterocycles. The van der Waals surface area contributed by atoms with Crippen LogP contribution < -0.4 is 0 Å². The maximum absolute atomic E-state index is 14.3. The molecule has 0 radical (unpaired) electrons. The van der Waals surface area contributed by atoms with Crippen molar-refractivity contribution in [2.24, 2.45) is 0 Å². The first-order valence-corrected chi connectivity index (χ1v) is 6.95. The van der Waals surface area contributed by atoms with Gasteiger partial charge in [0.2, 0.25) is 0 Å². The van der Waals surface area contributed by atoms with E-state index in [0.717, 1.165) is 0 Å². The summed E-state index contributed by atoms with van der Waals surface area (Å²) in [4.78, 5) is 0. The van der Waals surface area contributed by atoms with Gasteiger partial charge in [-0.1, -0.05) is 0 Å². The van der Waals surface area contributed by atoms with E-state index in [-0.39, 0.29) is 0 Å². The Bertz CT molecular complexity index is 627. The summed E-state index contributed by atoms with van der Waals surface area (Å²) in [6.45, 7) is 6.72. The fourth-order valence-electron chi connectivity index (χ4n) is 2.05. The molecule has 0 saturated carbocycles. The number of rotatable bonds is 3. The van der Waals surface area contributed by atoms with Crippen molar-refractivity contribution >= 4 is 13.2 Å². The van der Waals surface area contributed by atoms with Crippen LogP contribution in [0.15, 0.2) is 17.9 Å². The first-order valence-electron chi connectivity index (χ1n) is 6.95. The molecule has 126 valence electrons. The molecular formula is C15H16BF5O2. The Hall–Kier alpha value is -1.41. The molecule has 1 heterocycles. The third-order valence-corrected chi connectivity index (χ3v) is 4.15. The van der Waals surface area contributed by atoms with Gasteiger partial charge in [0.05, 0.1) is 16.8 Å². The van der Waals surface area contributed by atoms with Gasteiger partial charge >= 0.3 is 7.12 Å². The lowest BCUT2D eigenvalue weighted by Crippen LogP contribution is -2.41. The summed E-state index contributed by atoms with van der Waals surface area (Å²) in [6.07, 6.45) is -2.65. The molecule has 0 bridgehead atoms. The van der Waals surface area contributed by atoms with Crippen molar-refractivity contribution in [1.82, 2.24) is 0 Å². The molecule has 0 unspecified atom stereocenters. The van der Waals surface area contributed by atoms with Gasteiger partial charge in [0.15, 0.2) is 0 Å². The Morgan fingerprint density at radius 1 is 1.09 bits per heavy atom. The third-order valence-electron chi connectivity index (χ3n) is 4.15. The monoisotopic (exact) mass is 334 g/mol. The van der Waals surface area contributed by atoms with Crippen molar-refractivity contribution < 1.29 is 31.3 Å². The van der Waals surface area contributed by atoms with Crippen molar-refractivity contribution in [3.8, 4) is 0 Å². The number of hydrogen-bond donors (Lipinski definition) is 0. The second-order valence-corrected chi connectivity index (χ2v) is 6.28. The van der Waals surface area contributed by atoms with E-state index in [1.165, 1.54) is 0 Å². The van der Waals surface area contributed by atoms with E-state index in [2.05, 4.69) is 0 Å². The average molecular weight is 334 g/mol. The molecule has 0 atom stereocenters. The minimum Gasteiger partial charge on any atom is -0.398 e. The quantitative estimate of drug-likeness (QED) is 0.581. The van der Waals surface area contributed by atoms with Crippen LogP contribution in [0.4, 0.5) is 22.0 Å². The molecule has 1 aromatic carbocycles. The number of halogens is 5. The molecule has 2 rings (SSSR count). The fraction of sp³-hybridized carbons (Fsp3) is 0.467. The molecule has 0 N–H and O–H groups in total. The normalized spacial score (nSPS) is 20.4. The fourth-order valence-corrected chi connectivity index (χ4v) is 2.05. The van der Waals surface area contributed by atoms with Crippen molar-refractivity contribution in [2.75, 3.05) is 0 Å². The average Bonchev–Trinajstić information content (AvgIpc) is 2.62. The molecule has 8 heteroatoms. The van der Waals surface area contributed by atoms with Crippen LogP contribution >= 0.6 is 0 Å². The lowest BCUT2D eigenvalue weighted by atomic mass is 9.86. The zero-order chi connectivity index (χ0) is 17.6. The summed E-state index contributed by atoms with van der Waals surface area (Å²) < 4.78 is 78.0. The Kier molecular flexibility index (Phi) is 4.61. The molecule has 0 spiro atoms. The molecular weight excluding hydrogens is 318 g/mol. The zero-order valence-corrected chi connectivity index (χ0v) is 13.1. The van der Waals surface area contributed by atoms with Gasteiger partial charge in [-0.25, -0.2) is 22.0 Å². The Morgan fingerprint density at radius 2 is 1.61 bits per heavy atom. The summed E-state index contributed by atoms with van der Waals surface area (Å²) in [7, 11) is -1.46. The van der Waals surface area contributed by atoms with Gasteiger partial charge in [-0.2, -0.15) is 0 Å². The minimum absolute atomic E-state index is 0.485. The van der Waals surface area contributed by atoms with Crippen LogP contribution in [0.1, 0.15) is 45.2 Å². The lowest BCUT2D eigenvalue weighted by Gasteiger charge is -2.32. The standard InChI is InChI=1S/C15H16BF5O2/c1-14(2)15(3,4)23-16(22-14)11(18)7-9-10(17)6-5-8(12(9)19)13(20)21/h5-7,13H,1-4H3. The van der Waals surface area contributed by atoms with Gasteiger partial charge in [-0.05, 0) is 45.9 Å². The first-order chi connectivity index (χ1) is 10.5. The van der Waals surface area contributed by atoms with Gasteiger partial charge < -0.3 is 9.31 Å². The second-order valence-electron chi connectivity index (χ2n) is 6.28. The van der Waals surface area contributed by atoms with E-state index in [1.807, 2.05) is 0 Å². The maximum atomic E-state index is 14.3. The predicted molar refractivity (Wildman–Crippen MR) is 76.5 cm³/mol. The Morgan fingerprint density at radius 3 is 2.09 bits per heavy atom. The van der Waals surface area contributed by atoms with Crippen LogP contribution in [0.3, 0.4) is 0 Å². The number of benzene rings is 1. The van der Waals surface area contributed by atoms with Gasteiger partial charge in [0.1, 0.15) is 17.4 Å². The van der Waals surface area contributed by atoms with Gasteiger partial charge in [0, 0.05) is 5.56 Å². The molecule has 1 aliphatic rings. The number of hydrogen-bond acceptors (Lipinski definition) is 2. The predicted octanol–water partition coefficient (Wildman–Crippen LogP) is 4.84. The van der Waals surface area contributed by atoms with Crippen molar-refractivity contribution in [3.63, 3.8) is 0 Å². The molecule has 0 aliphatic carbocycles. The van der Waals surface area contributed by atoms with Crippen molar-refractivity contribution in [2.45, 2.75) is 45.3 Å². The molecule has 23 heavy (non-hydrogen) atoms. The highest BCUT2D eigenvalue weighted by Gasteiger charge is 2.53. The highest BCUT2D eigenvalue weighted by atomic mass is 19.3. The van der Waals surface area contributed by atoms with Crippen LogP contribution in [-0.4, -0.2) is 18.3 Å². The summed E-state index contributed by atoms with van der Waals surface area (Å²) in [6, 6.07) is 1.29. The first kappa shape index (κ1) is 17.9. The third kappa shape index (κ3) is 3.28. The highest BCUT2D eigenvalue weighted by molar-refractivity contribution is 6.54. The van der Waals surface area contributed by atoms with Gasteiger partial charge in [-0.3, -0.25) is 0 Å². The molecule has 0 aromatic heterocycles. The largest absolute Gasteiger partial charge is 0.525 e. The smallest absolute Gasteiger partial charge is 0.398 e. The highest BCUT2D eigenvalue weighted by Crippen LogP contribution is 2.39. The van der Waals surface area contributed by atoms with Crippen molar-refractivity contribution in [3.05, 3.63) is 40.6 Å². The number of alkyl halides is 2. The minimum atomic E-state index is -3.14. The topological polar surface area (TPSA) is 18.5 Å². The van der Waals surface area contributed by atoms with Gasteiger partial charge in [-0.15, -0.1) is 0 Å². The Balaban J connectivity index is 2.38. The van der Waals surface area contributed by atoms with E-state index in [1.54, 1.807) is 27.7 Å². The van der Waals surface area contributed by atoms with Crippen molar-refractivity contribution in [1.29, 1.82) is 0 Å². The summed E-state index contributed by atoms with van der Waals surface area (Å²) in [5.41, 5.74) is -4.68. The molecule has 2 nitrogen and oxygen atoms in total. The van der Waals surface area contributed by atoms with Crippen LogP contribution in [0.25, 0.3) is 6.08 Å². The van der Waals surface area contributed by atoms with E-state index in [4.69, 9.17) is 9.31 Å². The molecule has 1 fully saturated rings. The lowest BCUT2D eigenvalue weighted by molar-refractivity contribution is 0.00578. The van der Waals surface area contributed by atoms with Gasteiger partial charge in [0.25, 0.3) is 6.43 Å². The van der Waals surface area contributed by atoms with Crippen LogP contribution in [0.5, 0.6) is 0 Å². The second kappa shape index (κ2) is 5.90. The molecule has 0 amide bonds. The van der Waals surface area contributed by atoms with E-state index < -0.39 is 53.2 Å². The summed E-state index contributed by atoms with van der Waals surface area (Å²) in [5, 5.41) is 0. The maximum Gasteiger partial charge on any atom is 0.525 e. The SMILES string of the molecule is CC1(C)OB(C(F)=Cc2c(F)ccc(C(F)F)c2F)OC1(C)C. The molecule has 1 aromatic rings. The van der Waals surface area contributed by atoms with E-state index in [0.29, 0.717) is 18.2 Å².